The summed E-state index contributed by atoms with van der Waals surface area (Å²) in [6, 6.07) is 7.58. The van der Waals surface area contributed by atoms with Crippen molar-refractivity contribution in [2.75, 3.05) is 14.7 Å². The minimum atomic E-state index is -0.762. The molecule has 0 aliphatic heterocycles. The van der Waals surface area contributed by atoms with E-state index >= 15 is 0 Å². The molecule has 0 atom stereocenters. The van der Waals surface area contributed by atoms with Crippen molar-refractivity contribution in [3.05, 3.63) is 29.8 Å². The fourth-order valence-corrected chi connectivity index (χ4v) is 2.40. The van der Waals surface area contributed by atoms with Gasteiger partial charge in [-0.1, -0.05) is 0 Å². The quantitative estimate of drug-likeness (QED) is 0.471. The summed E-state index contributed by atoms with van der Waals surface area (Å²) in [4.78, 5) is 23.9. The van der Waals surface area contributed by atoms with Gasteiger partial charge in [0, 0.05) is 0 Å². The molecule has 100 valence electrons. The van der Waals surface area contributed by atoms with E-state index in [2.05, 4.69) is 10.2 Å². The maximum absolute atomic E-state index is 11.4. The van der Waals surface area contributed by atoms with Gasteiger partial charge in [-0.05, 0) is 0 Å². The number of amides is 1. The first-order chi connectivity index (χ1) is 8.61. The summed E-state index contributed by atoms with van der Waals surface area (Å²) in [7, 11) is 0. The number of carbonyl (C=O) groups excluding carboxylic acids is 1. The first-order valence-electron chi connectivity index (χ1n) is 5.66. The number of alkyl halides is 2. The standard InChI is InChI=1S/C13H17INO3/c1-14-9-12(16)15-11-7-5-10(6-8-11)3-2-4-13(17)18/h5-8H,2-4,9H2,1H3,(H,15,16)(H,17,18)/q-1. The number of rotatable bonds is 7. The second kappa shape index (κ2) is 8.07. The summed E-state index contributed by atoms with van der Waals surface area (Å²) in [5.41, 5.74) is 1.90. The van der Waals surface area contributed by atoms with Crippen molar-refractivity contribution < 1.29 is 35.9 Å². The zero-order valence-electron chi connectivity index (χ0n) is 10.3. The molecule has 0 saturated heterocycles. The molecule has 0 bridgehead atoms. The fourth-order valence-electron chi connectivity index (χ4n) is 1.51. The molecular weight excluding hydrogens is 345 g/mol. The second-order valence-electron chi connectivity index (χ2n) is 3.89. The van der Waals surface area contributed by atoms with E-state index < -0.39 is 5.97 Å². The van der Waals surface area contributed by atoms with Crippen molar-refractivity contribution in [3.63, 3.8) is 0 Å². The molecule has 0 heterocycles. The van der Waals surface area contributed by atoms with Crippen LogP contribution >= 0.6 is 0 Å². The van der Waals surface area contributed by atoms with E-state index in [1.807, 2.05) is 24.3 Å². The molecule has 1 aromatic rings. The molecule has 1 rings (SSSR count). The first-order valence-corrected chi connectivity index (χ1v) is 9.34. The molecule has 5 heteroatoms. The van der Waals surface area contributed by atoms with Gasteiger partial charge in [0.05, 0.1) is 0 Å². The maximum atomic E-state index is 11.4. The van der Waals surface area contributed by atoms with Gasteiger partial charge >= 0.3 is 117 Å². The van der Waals surface area contributed by atoms with Crippen LogP contribution in [0.5, 0.6) is 0 Å². The molecular formula is C13H17INO3-. The Morgan fingerprint density at radius 3 is 2.50 bits per heavy atom. The van der Waals surface area contributed by atoms with Crippen LogP contribution < -0.4 is 26.5 Å². The number of nitrogens with one attached hydrogen (secondary N) is 1. The van der Waals surface area contributed by atoms with Crippen molar-refractivity contribution in [1.29, 1.82) is 0 Å². The van der Waals surface area contributed by atoms with Gasteiger partial charge in [-0.3, -0.25) is 0 Å². The average Bonchev–Trinajstić information content (AvgIpc) is 2.31. The van der Waals surface area contributed by atoms with Crippen LogP contribution in [-0.4, -0.2) is 26.3 Å². The Kier molecular flexibility index (Phi) is 6.70. The Balaban J connectivity index is 2.42. The van der Waals surface area contributed by atoms with E-state index in [0.717, 1.165) is 17.7 Å². The van der Waals surface area contributed by atoms with Crippen LogP contribution in [0.25, 0.3) is 0 Å². The normalized spacial score (nSPS) is 10.3. The number of carbonyl (C=O) groups is 2. The molecule has 0 aliphatic carbocycles. The summed E-state index contributed by atoms with van der Waals surface area (Å²) in [5.74, 6) is -0.689. The summed E-state index contributed by atoms with van der Waals surface area (Å²) < 4.78 is 0.638. The van der Waals surface area contributed by atoms with Gasteiger partial charge in [0.15, 0.2) is 0 Å². The molecule has 0 spiro atoms. The van der Waals surface area contributed by atoms with Gasteiger partial charge in [-0.2, -0.15) is 0 Å². The summed E-state index contributed by atoms with van der Waals surface area (Å²) in [6.45, 7) is 0. The number of anilines is 1. The van der Waals surface area contributed by atoms with Gasteiger partial charge < -0.3 is 0 Å². The number of hydrogen-bond donors (Lipinski definition) is 2. The predicted octanol–water partition coefficient (Wildman–Crippen LogP) is -1.25. The molecule has 4 nitrogen and oxygen atoms in total. The van der Waals surface area contributed by atoms with Crippen LogP contribution in [0.1, 0.15) is 18.4 Å². The van der Waals surface area contributed by atoms with Crippen molar-refractivity contribution in [2.45, 2.75) is 19.3 Å². The monoisotopic (exact) mass is 362 g/mol. The van der Waals surface area contributed by atoms with E-state index in [-0.39, 0.29) is 33.5 Å². The van der Waals surface area contributed by atoms with E-state index in [1.54, 1.807) is 0 Å². The molecule has 1 amide bonds. The fraction of sp³-hybridized carbons (Fsp3) is 0.385. The number of carboxylic acid groups (broad SMARTS) is 1. The number of halogens is 1. The van der Waals surface area contributed by atoms with Gasteiger partial charge in [0.25, 0.3) is 0 Å². The Morgan fingerprint density at radius 2 is 1.94 bits per heavy atom. The van der Waals surface area contributed by atoms with E-state index in [1.165, 1.54) is 0 Å². The van der Waals surface area contributed by atoms with Gasteiger partial charge in [0.1, 0.15) is 0 Å². The second-order valence-corrected chi connectivity index (χ2v) is 6.18. The SMILES string of the molecule is C[I-]CC(=O)Nc1ccc(CCCC(=O)O)cc1. The van der Waals surface area contributed by atoms with Crippen LogP contribution in [0.3, 0.4) is 0 Å². The van der Waals surface area contributed by atoms with Crippen molar-refractivity contribution in [1.82, 2.24) is 0 Å². The van der Waals surface area contributed by atoms with Crippen LogP contribution in [-0.2, 0) is 16.0 Å². The third kappa shape index (κ3) is 6.00. The first kappa shape index (κ1) is 14.9. The Bertz CT molecular complexity index is 403. The number of aryl methyl sites for hydroxylation is 1. The van der Waals surface area contributed by atoms with Crippen molar-refractivity contribution >= 4 is 17.6 Å². The molecule has 0 saturated carbocycles. The zero-order valence-corrected chi connectivity index (χ0v) is 12.4. The molecule has 2 N–H and O–H groups in total. The molecule has 0 unspecified atom stereocenters. The average molecular weight is 362 g/mol. The number of benzene rings is 1. The zero-order chi connectivity index (χ0) is 13.4. The molecule has 1 aromatic carbocycles. The Labute approximate surface area is 117 Å². The third-order valence-electron chi connectivity index (χ3n) is 2.35. The predicted molar refractivity (Wildman–Crippen MR) is 66.4 cm³/mol. The number of carboxylic acids is 1. The molecule has 0 aliphatic rings. The minimum absolute atomic E-state index is 0.0201. The van der Waals surface area contributed by atoms with Crippen LogP contribution in [0.4, 0.5) is 5.69 Å². The van der Waals surface area contributed by atoms with E-state index in [0.29, 0.717) is 10.8 Å². The van der Waals surface area contributed by atoms with E-state index in [9.17, 15) is 9.59 Å². The molecule has 0 aromatic heterocycles. The van der Waals surface area contributed by atoms with Crippen LogP contribution in [0.2, 0.25) is 0 Å². The van der Waals surface area contributed by atoms with Crippen LogP contribution in [0, 0.1) is 0 Å². The van der Waals surface area contributed by atoms with Crippen molar-refractivity contribution in [3.8, 4) is 0 Å². The number of aliphatic carboxylic acids is 1. The van der Waals surface area contributed by atoms with Gasteiger partial charge in [0.2, 0.25) is 0 Å². The third-order valence-corrected chi connectivity index (χ3v) is 3.80. The summed E-state index contributed by atoms with van der Waals surface area (Å²) in [6.07, 6.45) is 1.58. The molecule has 0 radical (unpaired) electrons. The summed E-state index contributed by atoms with van der Waals surface area (Å²) in [5, 5.41) is 11.4. The van der Waals surface area contributed by atoms with E-state index in [4.69, 9.17) is 5.11 Å². The summed E-state index contributed by atoms with van der Waals surface area (Å²) >= 11 is -0.0201. The molecule has 18 heavy (non-hydrogen) atoms. The Hall–Kier alpha value is -1.11. The van der Waals surface area contributed by atoms with Crippen molar-refractivity contribution in [2.24, 2.45) is 0 Å². The van der Waals surface area contributed by atoms with Gasteiger partial charge in [-0.15, -0.1) is 0 Å². The molecule has 0 fully saturated rings. The van der Waals surface area contributed by atoms with Gasteiger partial charge in [-0.25, -0.2) is 0 Å². The van der Waals surface area contributed by atoms with Crippen LogP contribution in [0.15, 0.2) is 24.3 Å². The Morgan fingerprint density at radius 1 is 1.28 bits per heavy atom. The number of hydrogen-bond acceptors (Lipinski definition) is 2. The topological polar surface area (TPSA) is 66.4 Å².